The Bertz CT molecular complexity index is 286. The molecule has 72 valence electrons. The van der Waals surface area contributed by atoms with Crippen LogP contribution in [0.5, 0.6) is 11.8 Å². The first-order valence-corrected chi connectivity index (χ1v) is 3.60. The molecule has 6 nitrogen and oxygen atoms in total. The van der Waals surface area contributed by atoms with E-state index < -0.39 is 6.16 Å². The van der Waals surface area contributed by atoms with Crippen LogP contribution in [0, 0.1) is 0 Å². The number of rotatable bonds is 2. The number of aromatic nitrogens is 1. The number of carbonyl (C=O) groups excluding carboxylic acids is 1. The van der Waals surface area contributed by atoms with Crippen molar-refractivity contribution in [1.29, 1.82) is 0 Å². The van der Waals surface area contributed by atoms with E-state index in [4.69, 9.17) is 10.2 Å². The van der Waals surface area contributed by atoms with Gasteiger partial charge in [0.05, 0.1) is 6.61 Å². The van der Waals surface area contributed by atoms with Crippen LogP contribution in [-0.2, 0) is 4.74 Å². The summed E-state index contributed by atoms with van der Waals surface area (Å²) in [5.74, 6) is -0.767. The van der Waals surface area contributed by atoms with Crippen LogP contribution in [0.25, 0.3) is 0 Å². The lowest BCUT2D eigenvalue weighted by Crippen LogP contribution is -2.19. The molecule has 0 aliphatic rings. The van der Waals surface area contributed by atoms with Crippen molar-refractivity contribution in [3.05, 3.63) is 12.1 Å². The normalized spacial score (nSPS) is 9.62. The molecule has 1 aromatic rings. The van der Waals surface area contributed by atoms with Gasteiger partial charge in [-0.1, -0.05) is 0 Å². The minimum Gasteiger partial charge on any atom is -0.492 e. The molecule has 0 fully saturated rings. The Morgan fingerprint density at radius 2 is 2.00 bits per heavy atom. The molecule has 13 heavy (non-hydrogen) atoms. The van der Waals surface area contributed by atoms with Crippen LogP contribution in [0.1, 0.15) is 6.92 Å². The molecule has 0 spiro atoms. The highest BCUT2D eigenvalue weighted by Crippen LogP contribution is 2.18. The average molecular weight is 187 g/mol. The molecule has 0 unspecified atom stereocenters. The molecule has 0 saturated heterocycles. The molecule has 0 amide bonds. The molecule has 1 heterocycles. The van der Waals surface area contributed by atoms with E-state index in [1.807, 2.05) is 0 Å². The first kappa shape index (κ1) is 9.24. The fourth-order valence-electron chi connectivity index (χ4n) is 0.714. The van der Waals surface area contributed by atoms with E-state index in [1.165, 1.54) is 12.1 Å². The lowest BCUT2D eigenvalue weighted by molar-refractivity contribution is 0.0386. The lowest BCUT2D eigenvalue weighted by atomic mass is 10.6. The summed E-state index contributed by atoms with van der Waals surface area (Å²) in [6, 6.07) is 2.35. The van der Waals surface area contributed by atoms with Crippen LogP contribution >= 0.6 is 0 Å². The Hall–Kier alpha value is -1.85. The average Bonchev–Trinajstić information content (AvgIpc) is 2.36. The molecule has 0 saturated carbocycles. The number of aromatic hydroxyl groups is 2. The number of hydrogen-bond acceptors (Lipinski definition) is 5. The van der Waals surface area contributed by atoms with Crippen LogP contribution in [-0.4, -0.2) is 27.7 Å². The summed E-state index contributed by atoms with van der Waals surface area (Å²) in [6.45, 7) is 1.76. The zero-order chi connectivity index (χ0) is 9.84. The molecule has 0 radical (unpaired) electrons. The molecule has 1 aromatic heterocycles. The minimum absolute atomic E-state index is 0.154. The molecule has 0 bridgehead atoms. The van der Waals surface area contributed by atoms with Gasteiger partial charge in [0.25, 0.3) is 0 Å². The molecule has 0 aliphatic carbocycles. The van der Waals surface area contributed by atoms with Gasteiger partial charge in [-0.15, -0.1) is 4.73 Å². The second-order valence-electron chi connectivity index (χ2n) is 2.12. The predicted octanol–water partition coefficient (Wildman–Crippen LogP) is 0.484. The lowest BCUT2D eigenvalue weighted by Gasteiger charge is -2.05. The van der Waals surface area contributed by atoms with Crippen LogP contribution in [0.4, 0.5) is 4.79 Å². The quantitative estimate of drug-likeness (QED) is 0.658. The number of carbonyl (C=O) groups is 1. The van der Waals surface area contributed by atoms with Crippen molar-refractivity contribution < 1.29 is 24.6 Å². The van der Waals surface area contributed by atoms with Gasteiger partial charge in [0.1, 0.15) is 0 Å². The first-order valence-electron chi connectivity index (χ1n) is 3.60. The monoisotopic (exact) mass is 187 g/mol. The fourth-order valence-corrected chi connectivity index (χ4v) is 0.714. The van der Waals surface area contributed by atoms with Gasteiger partial charge in [-0.3, -0.25) is 4.84 Å². The summed E-state index contributed by atoms with van der Waals surface area (Å²) in [6.07, 6.45) is -0.996. The van der Waals surface area contributed by atoms with Gasteiger partial charge in [-0.25, -0.2) is 4.79 Å². The van der Waals surface area contributed by atoms with Crippen molar-refractivity contribution in [2.24, 2.45) is 0 Å². The van der Waals surface area contributed by atoms with Crippen LogP contribution in [0.15, 0.2) is 12.1 Å². The van der Waals surface area contributed by atoms with Crippen molar-refractivity contribution in [2.75, 3.05) is 6.61 Å². The Balaban J connectivity index is 2.68. The fraction of sp³-hybridized carbons (Fsp3) is 0.286. The molecular formula is C7H9NO5. The van der Waals surface area contributed by atoms with E-state index in [-0.39, 0.29) is 18.4 Å². The summed E-state index contributed by atoms with van der Waals surface area (Å²) in [5, 5.41) is 18.0. The smallest absolute Gasteiger partial charge is 0.492 e. The maximum Gasteiger partial charge on any atom is 0.533 e. The van der Waals surface area contributed by atoms with E-state index in [2.05, 4.69) is 9.57 Å². The molecule has 1 rings (SSSR count). The van der Waals surface area contributed by atoms with Gasteiger partial charge < -0.3 is 14.9 Å². The maximum atomic E-state index is 10.7. The predicted molar refractivity (Wildman–Crippen MR) is 41.4 cm³/mol. The van der Waals surface area contributed by atoms with Gasteiger partial charge in [0.15, 0.2) is 0 Å². The molecule has 6 heteroatoms. The third kappa shape index (κ3) is 2.05. The van der Waals surface area contributed by atoms with Crippen molar-refractivity contribution in [2.45, 2.75) is 6.92 Å². The minimum atomic E-state index is -0.996. The van der Waals surface area contributed by atoms with Crippen molar-refractivity contribution in [3.63, 3.8) is 0 Å². The van der Waals surface area contributed by atoms with Crippen LogP contribution in [0.2, 0.25) is 0 Å². The van der Waals surface area contributed by atoms with Crippen molar-refractivity contribution in [1.82, 2.24) is 4.73 Å². The Labute approximate surface area is 73.9 Å². The summed E-state index contributed by atoms with van der Waals surface area (Å²) >= 11 is 0. The molecule has 2 N–H and O–H groups in total. The summed E-state index contributed by atoms with van der Waals surface area (Å²) in [7, 11) is 0. The van der Waals surface area contributed by atoms with Gasteiger partial charge >= 0.3 is 6.16 Å². The van der Waals surface area contributed by atoms with Crippen LogP contribution in [0.3, 0.4) is 0 Å². The Kier molecular flexibility index (Phi) is 2.63. The van der Waals surface area contributed by atoms with Gasteiger partial charge in [-0.2, -0.15) is 0 Å². The second-order valence-corrected chi connectivity index (χ2v) is 2.12. The molecular weight excluding hydrogens is 178 g/mol. The summed E-state index contributed by atoms with van der Waals surface area (Å²) < 4.78 is 4.97. The number of ether oxygens (including phenoxy) is 1. The standard InChI is InChI=1S/C7H9NO5/c1-2-12-7(11)13-8-5(9)3-4-6(8)10/h3-4,9-10H,2H2,1H3. The summed E-state index contributed by atoms with van der Waals surface area (Å²) in [4.78, 5) is 15.1. The number of nitrogens with zero attached hydrogens (tertiary/aromatic N) is 1. The molecule has 0 atom stereocenters. The van der Waals surface area contributed by atoms with E-state index in [0.29, 0.717) is 4.73 Å². The third-order valence-corrected chi connectivity index (χ3v) is 1.23. The highest BCUT2D eigenvalue weighted by molar-refractivity contribution is 5.60. The van der Waals surface area contributed by atoms with Crippen LogP contribution < -0.4 is 4.84 Å². The number of hydrogen-bond donors (Lipinski definition) is 2. The van der Waals surface area contributed by atoms with E-state index >= 15 is 0 Å². The molecule has 0 aromatic carbocycles. The van der Waals surface area contributed by atoms with Crippen molar-refractivity contribution in [3.8, 4) is 11.8 Å². The zero-order valence-corrected chi connectivity index (χ0v) is 6.93. The first-order chi connectivity index (χ1) is 6.15. The SMILES string of the molecule is CCOC(=O)On1c(O)ccc1O. The van der Waals surface area contributed by atoms with Gasteiger partial charge in [-0.05, 0) is 6.92 Å². The second kappa shape index (κ2) is 3.70. The topological polar surface area (TPSA) is 80.9 Å². The maximum absolute atomic E-state index is 10.7. The van der Waals surface area contributed by atoms with E-state index in [9.17, 15) is 4.79 Å². The third-order valence-electron chi connectivity index (χ3n) is 1.23. The highest BCUT2D eigenvalue weighted by atomic mass is 16.8. The van der Waals surface area contributed by atoms with Gasteiger partial charge in [0, 0.05) is 12.1 Å². The Morgan fingerprint density at radius 1 is 1.46 bits per heavy atom. The summed E-state index contributed by atoms with van der Waals surface area (Å²) in [5.41, 5.74) is 0. The largest absolute Gasteiger partial charge is 0.533 e. The zero-order valence-electron chi connectivity index (χ0n) is 6.93. The highest BCUT2D eigenvalue weighted by Gasteiger charge is 2.11. The Morgan fingerprint density at radius 3 is 2.46 bits per heavy atom. The van der Waals surface area contributed by atoms with Gasteiger partial charge in [0.2, 0.25) is 11.8 Å². The molecule has 0 aliphatic heterocycles. The van der Waals surface area contributed by atoms with E-state index in [0.717, 1.165) is 0 Å². The van der Waals surface area contributed by atoms with Crippen molar-refractivity contribution >= 4 is 6.16 Å². The van der Waals surface area contributed by atoms with E-state index in [1.54, 1.807) is 6.92 Å².